The van der Waals surface area contributed by atoms with Gasteiger partial charge in [0.15, 0.2) is 0 Å². The second-order valence-corrected chi connectivity index (χ2v) is 5.64. The Bertz CT molecular complexity index is 266. The molecule has 0 aromatic rings. The van der Waals surface area contributed by atoms with Gasteiger partial charge in [-0.1, -0.05) is 51.9 Å². The number of hydrogen-bond acceptors (Lipinski definition) is 2. The summed E-state index contributed by atoms with van der Waals surface area (Å²) in [6.45, 7) is 2.23. The minimum Gasteiger partial charge on any atom is -0.273 e. The van der Waals surface area contributed by atoms with Gasteiger partial charge in [-0.3, -0.25) is 4.79 Å². The van der Waals surface area contributed by atoms with Crippen molar-refractivity contribution < 1.29 is 4.79 Å². The van der Waals surface area contributed by atoms with Gasteiger partial charge >= 0.3 is 0 Å². The van der Waals surface area contributed by atoms with Crippen LogP contribution in [0.15, 0.2) is 5.10 Å². The topological polar surface area (TPSA) is 41.5 Å². The van der Waals surface area contributed by atoms with Crippen molar-refractivity contribution in [2.75, 3.05) is 0 Å². The van der Waals surface area contributed by atoms with Crippen LogP contribution in [0.3, 0.4) is 0 Å². The van der Waals surface area contributed by atoms with Crippen LogP contribution in [0.1, 0.15) is 90.4 Å². The van der Waals surface area contributed by atoms with Gasteiger partial charge in [-0.2, -0.15) is 5.10 Å². The summed E-state index contributed by atoms with van der Waals surface area (Å²) in [4.78, 5) is 11.6. The number of unbranched alkanes of at least 4 members (excludes halogenated alkanes) is 6. The fraction of sp³-hybridized carbons (Fsp3) is 0.875. The molecule has 19 heavy (non-hydrogen) atoms. The fourth-order valence-electron chi connectivity index (χ4n) is 2.51. The highest BCUT2D eigenvalue weighted by molar-refractivity contribution is 5.86. The summed E-state index contributed by atoms with van der Waals surface area (Å²) in [5.41, 5.74) is 3.89. The summed E-state index contributed by atoms with van der Waals surface area (Å²) in [7, 11) is 0. The lowest BCUT2D eigenvalue weighted by molar-refractivity contribution is -0.121. The Morgan fingerprint density at radius 3 is 2.32 bits per heavy atom. The van der Waals surface area contributed by atoms with Crippen molar-refractivity contribution >= 4 is 11.6 Å². The maximum Gasteiger partial charge on any atom is 0.240 e. The summed E-state index contributed by atoms with van der Waals surface area (Å²) < 4.78 is 0. The number of carbonyl (C=O) groups is 1. The van der Waals surface area contributed by atoms with Crippen LogP contribution in [0.25, 0.3) is 0 Å². The molecule has 1 aliphatic rings. The van der Waals surface area contributed by atoms with Gasteiger partial charge in [0.05, 0.1) is 0 Å². The van der Waals surface area contributed by atoms with E-state index in [9.17, 15) is 4.79 Å². The molecule has 110 valence electrons. The molecule has 0 aromatic heterocycles. The highest BCUT2D eigenvalue weighted by Crippen LogP contribution is 2.14. The number of hydrogen-bond donors (Lipinski definition) is 1. The summed E-state index contributed by atoms with van der Waals surface area (Å²) >= 11 is 0. The Morgan fingerprint density at radius 1 is 1.00 bits per heavy atom. The molecule has 0 saturated heterocycles. The number of rotatable bonds is 9. The van der Waals surface area contributed by atoms with E-state index in [4.69, 9.17) is 0 Å². The van der Waals surface area contributed by atoms with Crippen molar-refractivity contribution in [2.24, 2.45) is 5.10 Å². The number of carbonyl (C=O) groups excluding carboxylic acids is 1. The number of hydrazone groups is 1. The molecule has 0 spiro atoms. The van der Waals surface area contributed by atoms with E-state index in [1.54, 1.807) is 0 Å². The number of amides is 1. The van der Waals surface area contributed by atoms with Crippen molar-refractivity contribution in [3.63, 3.8) is 0 Å². The minimum atomic E-state index is 0.0895. The average molecular weight is 266 g/mol. The smallest absolute Gasteiger partial charge is 0.240 e. The third-order valence-electron chi connectivity index (χ3n) is 3.78. The number of nitrogens with zero attached hydrogens (tertiary/aromatic N) is 1. The molecule has 1 fully saturated rings. The van der Waals surface area contributed by atoms with E-state index in [1.165, 1.54) is 63.5 Å². The second-order valence-electron chi connectivity index (χ2n) is 5.64. The van der Waals surface area contributed by atoms with E-state index in [2.05, 4.69) is 17.5 Å². The molecule has 0 atom stereocenters. The predicted octanol–water partition coefficient (Wildman–Crippen LogP) is 4.56. The molecule has 1 rings (SSSR count). The molecular weight excluding hydrogens is 236 g/mol. The lowest BCUT2D eigenvalue weighted by atomic mass is 9.99. The largest absolute Gasteiger partial charge is 0.273 e. The lowest BCUT2D eigenvalue weighted by Crippen LogP contribution is -2.20. The molecule has 1 amide bonds. The molecule has 3 heteroatoms. The van der Waals surface area contributed by atoms with Gasteiger partial charge in [-0.15, -0.1) is 0 Å². The Kier molecular flexibility index (Phi) is 9.38. The van der Waals surface area contributed by atoms with Gasteiger partial charge in [0, 0.05) is 12.1 Å². The highest BCUT2D eigenvalue weighted by Gasteiger charge is 2.07. The second kappa shape index (κ2) is 11.0. The summed E-state index contributed by atoms with van der Waals surface area (Å²) in [5, 5.41) is 4.24. The molecule has 0 heterocycles. The Balaban J connectivity index is 1.95. The maximum absolute atomic E-state index is 11.6. The van der Waals surface area contributed by atoms with Crippen molar-refractivity contribution in [1.82, 2.24) is 5.43 Å². The van der Waals surface area contributed by atoms with E-state index in [-0.39, 0.29) is 5.91 Å². The Labute approximate surface area is 118 Å². The van der Waals surface area contributed by atoms with Crippen molar-refractivity contribution in [2.45, 2.75) is 90.4 Å². The van der Waals surface area contributed by atoms with Crippen LogP contribution >= 0.6 is 0 Å². The highest BCUT2D eigenvalue weighted by atomic mass is 16.2. The zero-order valence-corrected chi connectivity index (χ0v) is 12.5. The van der Waals surface area contributed by atoms with Gasteiger partial charge in [0.1, 0.15) is 0 Å². The first-order valence-corrected chi connectivity index (χ1v) is 8.17. The first-order chi connectivity index (χ1) is 9.33. The average Bonchev–Trinajstić information content (AvgIpc) is 2.45. The van der Waals surface area contributed by atoms with Crippen LogP contribution in [0.4, 0.5) is 0 Å². The van der Waals surface area contributed by atoms with E-state index < -0.39 is 0 Å². The van der Waals surface area contributed by atoms with E-state index in [0.717, 1.165) is 19.3 Å². The number of nitrogens with one attached hydrogen (secondary N) is 1. The van der Waals surface area contributed by atoms with Crippen LogP contribution in [0.5, 0.6) is 0 Å². The Morgan fingerprint density at radius 2 is 1.63 bits per heavy atom. The normalized spacial score (nSPS) is 15.3. The maximum atomic E-state index is 11.6. The van der Waals surface area contributed by atoms with Gasteiger partial charge in [0.25, 0.3) is 0 Å². The molecule has 0 unspecified atom stereocenters. The predicted molar refractivity (Wildman–Crippen MR) is 81.3 cm³/mol. The molecule has 3 nitrogen and oxygen atoms in total. The van der Waals surface area contributed by atoms with E-state index in [0.29, 0.717) is 6.42 Å². The molecule has 1 saturated carbocycles. The van der Waals surface area contributed by atoms with Crippen LogP contribution in [0, 0.1) is 0 Å². The van der Waals surface area contributed by atoms with Crippen LogP contribution < -0.4 is 5.43 Å². The quantitative estimate of drug-likeness (QED) is 0.482. The zero-order valence-electron chi connectivity index (χ0n) is 12.5. The standard InChI is InChI=1S/C16H30N2O/c1-2-3-4-5-6-7-11-14-16(19)18-17-15-12-9-8-10-13-15/h2-14H2,1H3,(H,18,19). The summed E-state index contributed by atoms with van der Waals surface area (Å²) in [6, 6.07) is 0. The molecule has 1 aliphatic carbocycles. The third kappa shape index (κ3) is 8.79. The first kappa shape index (κ1) is 16.2. The third-order valence-corrected chi connectivity index (χ3v) is 3.78. The van der Waals surface area contributed by atoms with Crippen LogP contribution in [-0.2, 0) is 4.79 Å². The monoisotopic (exact) mass is 266 g/mol. The lowest BCUT2D eigenvalue weighted by Gasteiger charge is -2.11. The van der Waals surface area contributed by atoms with Crippen molar-refractivity contribution in [3.8, 4) is 0 Å². The van der Waals surface area contributed by atoms with Gasteiger partial charge in [-0.05, 0) is 32.1 Å². The van der Waals surface area contributed by atoms with Crippen molar-refractivity contribution in [1.29, 1.82) is 0 Å². The van der Waals surface area contributed by atoms with E-state index in [1.807, 2.05) is 0 Å². The van der Waals surface area contributed by atoms with E-state index >= 15 is 0 Å². The molecule has 0 aliphatic heterocycles. The molecule has 1 N–H and O–H groups in total. The van der Waals surface area contributed by atoms with Gasteiger partial charge < -0.3 is 0 Å². The van der Waals surface area contributed by atoms with Crippen LogP contribution in [0.2, 0.25) is 0 Å². The SMILES string of the molecule is CCCCCCCCCC(=O)NN=C1CCCCC1. The van der Waals surface area contributed by atoms with Gasteiger partial charge in [0.2, 0.25) is 5.91 Å². The minimum absolute atomic E-state index is 0.0895. The van der Waals surface area contributed by atoms with Gasteiger partial charge in [-0.25, -0.2) is 5.43 Å². The molecule has 0 aromatic carbocycles. The van der Waals surface area contributed by atoms with Crippen LogP contribution in [-0.4, -0.2) is 11.6 Å². The zero-order chi connectivity index (χ0) is 13.8. The molecular formula is C16H30N2O. The fourth-order valence-corrected chi connectivity index (χ4v) is 2.51. The summed E-state index contributed by atoms with van der Waals surface area (Å²) in [5.74, 6) is 0.0895. The summed E-state index contributed by atoms with van der Waals surface area (Å²) in [6.07, 6.45) is 15.3. The first-order valence-electron chi connectivity index (χ1n) is 8.17. The molecule has 0 radical (unpaired) electrons. The molecule has 0 bridgehead atoms. The Hall–Kier alpha value is -0.860. The van der Waals surface area contributed by atoms with Crippen molar-refractivity contribution in [3.05, 3.63) is 0 Å².